The number of aryl methyl sites for hydroxylation is 1. The van der Waals surface area contributed by atoms with Crippen molar-refractivity contribution in [3.05, 3.63) is 53.9 Å². The molecule has 2 heterocycles. The van der Waals surface area contributed by atoms with Crippen LogP contribution >= 0.6 is 0 Å². The number of benzene rings is 1. The zero-order chi connectivity index (χ0) is 19.5. The first kappa shape index (κ1) is 18.3. The Morgan fingerprint density at radius 3 is 2.68 bits per heavy atom. The summed E-state index contributed by atoms with van der Waals surface area (Å²) in [5.74, 6) is 1.54. The maximum atomic E-state index is 12.6. The van der Waals surface area contributed by atoms with Gasteiger partial charge in [0, 0.05) is 23.7 Å². The van der Waals surface area contributed by atoms with Gasteiger partial charge in [-0.05, 0) is 62.4 Å². The number of carbonyl (C=O) groups excluding carboxylic acids is 1. The van der Waals surface area contributed by atoms with Gasteiger partial charge in [0.15, 0.2) is 5.76 Å². The van der Waals surface area contributed by atoms with Crippen LogP contribution < -0.4 is 14.8 Å². The van der Waals surface area contributed by atoms with E-state index in [0.29, 0.717) is 17.2 Å². The third kappa shape index (κ3) is 4.11. The van der Waals surface area contributed by atoms with Crippen molar-refractivity contribution in [1.82, 2.24) is 10.3 Å². The van der Waals surface area contributed by atoms with Gasteiger partial charge in [-0.1, -0.05) is 6.07 Å². The van der Waals surface area contributed by atoms with Gasteiger partial charge in [-0.25, -0.2) is 4.98 Å². The molecule has 1 amide bonds. The Balaban J connectivity index is 1.31. The molecule has 0 atom stereocenters. The predicted octanol–water partition coefficient (Wildman–Crippen LogP) is 4.26. The summed E-state index contributed by atoms with van der Waals surface area (Å²) < 4.78 is 16.8. The van der Waals surface area contributed by atoms with Crippen LogP contribution in [0.5, 0.6) is 11.6 Å². The van der Waals surface area contributed by atoms with E-state index in [2.05, 4.69) is 10.3 Å². The molecule has 1 aliphatic rings. The number of furan rings is 1. The molecule has 1 fully saturated rings. The number of ether oxygens (including phenoxy) is 2. The highest BCUT2D eigenvalue weighted by molar-refractivity contribution is 5.96. The fraction of sp³-hybridized carbons (Fsp3) is 0.364. The third-order valence-electron chi connectivity index (χ3n) is 5.13. The van der Waals surface area contributed by atoms with E-state index in [0.717, 1.165) is 42.4 Å². The van der Waals surface area contributed by atoms with Crippen LogP contribution in [0.4, 0.5) is 0 Å². The maximum Gasteiger partial charge on any atom is 0.287 e. The Morgan fingerprint density at radius 1 is 1.14 bits per heavy atom. The van der Waals surface area contributed by atoms with Gasteiger partial charge in [-0.2, -0.15) is 0 Å². The number of nitrogens with zero attached hydrogens (tertiary/aromatic N) is 1. The van der Waals surface area contributed by atoms with Gasteiger partial charge in [0.25, 0.3) is 5.91 Å². The van der Waals surface area contributed by atoms with Crippen molar-refractivity contribution in [2.24, 2.45) is 0 Å². The number of rotatable bonds is 5. The lowest BCUT2D eigenvalue weighted by Crippen LogP contribution is -2.39. The highest BCUT2D eigenvalue weighted by Crippen LogP contribution is 2.26. The fourth-order valence-corrected chi connectivity index (χ4v) is 3.54. The Bertz CT molecular complexity index is 956. The predicted molar refractivity (Wildman–Crippen MR) is 106 cm³/mol. The van der Waals surface area contributed by atoms with Gasteiger partial charge in [-0.15, -0.1) is 0 Å². The molecule has 6 heteroatoms. The topological polar surface area (TPSA) is 73.6 Å². The average Bonchev–Trinajstić information content (AvgIpc) is 3.14. The van der Waals surface area contributed by atoms with Crippen molar-refractivity contribution in [2.75, 3.05) is 7.11 Å². The molecule has 0 bridgehead atoms. The van der Waals surface area contributed by atoms with Crippen LogP contribution in [0.1, 0.15) is 41.8 Å². The fourth-order valence-electron chi connectivity index (χ4n) is 3.54. The largest absolute Gasteiger partial charge is 0.497 e. The van der Waals surface area contributed by atoms with Gasteiger partial charge in [0.05, 0.1) is 7.11 Å². The van der Waals surface area contributed by atoms with Gasteiger partial charge in [-0.3, -0.25) is 4.79 Å². The number of hydrogen-bond donors (Lipinski definition) is 1. The lowest BCUT2D eigenvalue weighted by Gasteiger charge is -2.29. The van der Waals surface area contributed by atoms with Crippen LogP contribution in [0, 0.1) is 6.92 Å². The first-order valence-electron chi connectivity index (χ1n) is 9.58. The molecule has 1 saturated carbocycles. The van der Waals surface area contributed by atoms with Crippen molar-refractivity contribution >= 4 is 16.9 Å². The first-order valence-corrected chi connectivity index (χ1v) is 9.58. The normalized spacial score (nSPS) is 19.4. The first-order chi connectivity index (χ1) is 13.6. The van der Waals surface area contributed by atoms with Crippen LogP contribution in [-0.4, -0.2) is 30.1 Å². The molecule has 0 saturated heterocycles. The zero-order valence-electron chi connectivity index (χ0n) is 16.1. The quantitative estimate of drug-likeness (QED) is 0.716. The van der Waals surface area contributed by atoms with Crippen molar-refractivity contribution in [3.63, 3.8) is 0 Å². The summed E-state index contributed by atoms with van der Waals surface area (Å²) in [7, 11) is 1.61. The summed E-state index contributed by atoms with van der Waals surface area (Å²) in [6.07, 6.45) is 5.47. The van der Waals surface area contributed by atoms with Gasteiger partial charge in [0.2, 0.25) is 5.88 Å². The van der Waals surface area contributed by atoms with E-state index < -0.39 is 0 Å². The average molecular weight is 380 g/mol. The number of pyridine rings is 1. The second kappa shape index (κ2) is 7.92. The van der Waals surface area contributed by atoms with E-state index in [1.165, 1.54) is 0 Å². The monoisotopic (exact) mass is 380 g/mol. The molecule has 1 N–H and O–H groups in total. The molecule has 2 aromatic heterocycles. The van der Waals surface area contributed by atoms with E-state index in [9.17, 15) is 4.79 Å². The minimum Gasteiger partial charge on any atom is -0.497 e. The summed E-state index contributed by atoms with van der Waals surface area (Å²) in [5, 5.41) is 3.94. The molecule has 4 rings (SSSR count). The molecule has 0 spiro atoms. The third-order valence-corrected chi connectivity index (χ3v) is 5.13. The highest BCUT2D eigenvalue weighted by atomic mass is 16.5. The zero-order valence-corrected chi connectivity index (χ0v) is 16.1. The standard InChI is InChI=1S/C22H24N2O4/c1-14-3-10-21(23-13-14)27-17-6-4-16(5-7-17)24-22(25)20-12-15-11-18(26-2)8-9-19(15)28-20/h3,8-13,16-17H,4-7H2,1-2H3,(H,24,25). The number of nitrogens with one attached hydrogen (secondary N) is 1. The molecule has 6 nitrogen and oxygen atoms in total. The minimum atomic E-state index is -0.181. The number of hydrogen-bond acceptors (Lipinski definition) is 5. The lowest BCUT2D eigenvalue weighted by atomic mass is 9.93. The second-order valence-corrected chi connectivity index (χ2v) is 7.25. The molecule has 146 valence electrons. The molecular formula is C22H24N2O4. The van der Waals surface area contributed by atoms with E-state index >= 15 is 0 Å². The number of amides is 1. The summed E-state index contributed by atoms with van der Waals surface area (Å²) in [6, 6.07) is 11.3. The second-order valence-electron chi connectivity index (χ2n) is 7.25. The van der Waals surface area contributed by atoms with Crippen molar-refractivity contribution in [1.29, 1.82) is 0 Å². The summed E-state index contributed by atoms with van der Waals surface area (Å²) in [4.78, 5) is 16.9. The van der Waals surface area contributed by atoms with E-state index in [1.54, 1.807) is 13.2 Å². The Kier molecular flexibility index (Phi) is 5.19. The number of fused-ring (bicyclic) bond motifs is 1. The molecule has 3 aromatic rings. The van der Waals surface area contributed by atoms with Crippen molar-refractivity contribution in [2.45, 2.75) is 44.8 Å². The number of methoxy groups -OCH3 is 1. The summed E-state index contributed by atoms with van der Waals surface area (Å²) in [5.41, 5.74) is 1.79. The Hall–Kier alpha value is -3.02. The number of carbonyl (C=O) groups is 1. The van der Waals surface area contributed by atoms with Gasteiger partial charge >= 0.3 is 0 Å². The molecule has 0 radical (unpaired) electrons. The number of aromatic nitrogens is 1. The van der Waals surface area contributed by atoms with E-state index in [-0.39, 0.29) is 18.1 Å². The minimum absolute atomic E-state index is 0.126. The van der Waals surface area contributed by atoms with Gasteiger partial charge < -0.3 is 19.2 Å². The van der Waals surface area contributed by atoms with Crippen LogP contribution in [-0.2, 0) is 0 Å². The molecule has 1 aromatic carbocycles. The summed E-state index contributed by atoms with van der Waals surface area (Å²) in [6.45, 7) is 2.00. The molecule has 28 heavy (non-hydrogen) atoms. The summed E-state index contributed by atoms with van der Waals surface area (Å²) >= 11 is 0. The smallest absolute Gasteiger partial charge is 0.287 e. The molecular weight excluding hydrogens is 356 g/mol. The van der Waals surface area contributed by atoms with Crippen molar-refractivity contribution in [3.8, 4) is 11.6 Å². The maximum absolute atomic E-state index is 12.6. The highest BCUT2D eigenvalue weighted by Gasteiger charge is 2.25. The van der Waals surface area contributed by atoms with Crippen LogP contribution in [0.2, 0.25) is 0 Å². The molecule has 0 aliphatic heterocycles. The SMILES string of the molecule is COc1ccc2oc(C(=O)NC3CCC(Oc4ccc(C)cn4)CC3)cc2c1. The molecule has 1 aliphatic carbocycles. The van der Waals surface area contributed by atoms with Gasteiger partial charge in [0.1, 0.15) is 17.4 Å². The molecule has 0 unspecified atom stereocenters. The van der Waals surface area contributed by atoms with Crippen molar-refractivity contribution < 1.29 is 18.7 Å². The van der Waals surface area contributed by atoms with Crippen LogP contribution in [0.25, 0.3) is 11.0 Å². The Morgan fingerprint density at radius 2 is 1.96 bits per heavy atom. The lowest BCUT2D eigenvalue weighted by molar-refractivity contribution is 0.0865. The van der Waals surface area contributed by atoms with E-state index in [4.69, 9.17) is 13.9 Å². The van der Waals surface area contributed by atoms with Crippen LogP contribution in [0.3, 0.4) is 0 Å². The van der Waals surface area contributed by atoms with Crippen LogP contribution in [0.15, 0.2) is 47.0 Å². The van der Waals surface area contributed by atoms with E-state index in [1.807, 2.05) is 43.5 Å². The Labute approximate surface area is 163 Å².